The third-order valence-corrected chi connectivity index (χ3v) is 4.49. The highest BCUT2D eigenvalue weighted by atomic mass is 32.2. The van der Waals surface area contributed by atoms with E-state index >= 15 is 0 Å². The number of nitrogens with zero attached hydrogens (tertiary/aromatic N) is 2. The van der Waals surface area contributed by atoms with Gasteiger partial charge in [-0.05, 0) is 13.8 Å². The van der Waals surface area contributed by atoms with Crippen molar-refractivity contribution in [3.63, 3.8) is 0 Å². The predicted octanol–water partition coefficient (Wildman–Crippen LogP) is 0.122. The number of aromatic amines is 1. The Morgan fingerprint density at radius 1 is 1.47 bits per heavy atom. The topological polar surface area (TPSA) is 103 Å². The van der Waals surface area contributed by atoms with Gasteiger partial charge in [0.1, 0.15) is 4.90 Å². The number of aryl methyl sites for hydroxylation is 2. The maximum absolute atomic E-state index is 12.1. The van der Waals surface area contributed by atoms with Crippen LogP contribution in [0.5, 0.6) is 0 Å². The first-order valence-electron chi connectivity index (χ1n) is 4.96. The van der Waals surface area contributed by atoms with Crippen LogP contribution in [0.3, 0.4) is 0 Å². The van der Waals surface area contributed by atoms with Crippen LogP contribution >= 0.6 is 0 Å². The highest BCUT2D eigenvalue weighted by molar-refractivity contribution is 7.89. The Labute approximate surface area is 99.5 Å². The van der Waals surface area contributed by atoms with Crippen molar-refractivity contribution in [1.29, 1.82) is 0 Å². The fourth-order valence-electron chi connectivity index (χ4n) is 1.45. The molecule has 0 radical (unpaired) electrons. The van der Waals surface area contributed by atoms with Crippen molar-refractivity contribution in [1.82, 2.24) is 14.5 Å². The van der Waals surface area contributed by atoms with E-state index in [2.05, 4.69) is 10.2 Å². The Hall–Kier alpha value is -1.41. The zero-order chi connectivity index (χ0) is 13.2. The summed E-state index contributed by atoms with van der Waals surface area (Å²) in [6, 6.07) is 0. The van der Waals surface area contributed by atoms with E-state index in [1.54, 1.807) is 13.8 Å². The van der Waals surface area contributed by atoms with Crippen LogP contribution in [0.15, 0.2) is 4.90 Å². The summed E-state index contributed by atoms with van der Waals surface area (Å²) in [5.41, 5.74) is 0.828. The number of H-pyrrole nitrogens is 1. The number of sulfonamides is 1. The van der Waals surface area contributed by atoms with Crippen LogP contribution in [-0.4, -0.2) is 47.6 Å². The Balaban J connectivity index is 2.99. The maximum Gasteiger partial charge on any atom is 0.304 e. The fraction of sp³-hybridized carbons (Fsp3) is 0.556. The molecule has 2 N–H and O–H groups in total. The average molecular weight is 261 g/mol. The van der Waals surface area contributed by atoms with Crippen molar-refractivity contribution in [3.8, 4) is 0 Å². The third kappa shape index (κ3) is 2.83. The minimum atomic E-state index is -3.68. The van der Waals surface area contributed by atoms with Gasteiger partial charge in [-0.15, -0.1) is 0 Å². The maximum atomic E-state index is 12.1. The molecule has 0 atom stereocenters. The lowest BCUT2D eigenvalue weighted by Crippen LogP contribution is -2.29. The summed E-state index contributed by atoms with van der Waals surface area (Å²) >= 11 is 0. The molecule has 0 fully saturated rings. The molecular weight excluding hydrogens is 246 g/mol. The van der Waals surface area contributed by atoms with E-state index in [1.165, 1.54) is 7.05 Å². The van der Waals surface area contributed by atoms with Gasteiger partial charge >= 0.3 is 5.97 Å². The largest absolute Gasteiger partial charge is 0.481 e. The molecule has 0 aromatic carbocycles. The summed E-state index contributed by atoms with van der Waals surface area (Å²) in [5.74, 6) is -1.03. The predicted molar refractivity (Wildman–Crippen MR) is 60.1 cm³/mol. The van der Waals surface area contributed by atoms with Gasteiger partial charge < -0.3 is 5.11 Å². The summed E-state index contributed by atoms with van der Waals surface area (Å²) in [4.78, 5) is 10.5. The lowest BCUT2D eigenvalue weighted by atomic mass is 10.4. The molecule has 1 aromatic heterocycles. The average Bonchev–Trinajstić information content (AvgIpc) is 2.55. The normalized spacial score (nSPS) is 12.0. The van der Waals surface area contributed by atoms with Crippen LogP contribution in [0.1, 0.15) is 17.8 Å². The molecule has 0 unspecified atom stereocenters. The zero-order valence-electron chi connectivity index (χ0n) is 9.89. The van der Waals surface area contributed by atoms with E-state index in [0.717, 1.165) is 4.31 Å². The van der Waals surface area contributed by atoms with Crippen LogP contribution in [0.2, 0.25) is 0 Å². The van der Waals surface area contributed by atoms with E-state index in [4.69, 9.17) is 5.11 Å². The molecule has 0 amide bonds. The van der Waals surface area contributed by atoms with Gasteiger partial charge in [0, 0.05) is 13.6 Å². The van der Waals surface area contributed by atoms with E-state index < -0.39 is 16.0 Å². The highest BCUT2D eigenvalue weighted by Gasteiger charge is 2.26. The number of hydrogen-bond acceptors (Lipinski definition) is 4. The highest BCUT2D eigenvalue weighted by Crippen LogP contribution is 2.20. The molecule has 0 bridgehead atoms. The Bertz CT molecular complexity index is 501. The van der Waals surface area contributed by atoms with Gasteiger partial charge in [0.2, 0.25) is 10.0 Å². The van der Waals surface area contributed by atoms with Gasteiger partial charge in [-0.3, -0.25) is 9.89 Å². The fourth-order valence-corrected chi connectivity index (χ4v) is 2.94. The molecule has 8 heteroatoms. The van der Waals surface area contributed by atoms with Gasteiger partial charge in [-0.2, -0.15) is 5.10 Å². The number of carboxylic acids is 1. The molecular formula is C9H15N3O4S. The van der Waals surface area contributed by atoms with Crippen LogP contribution in [-0.2, 0) is 14.8 Å². The Morgan fingerprint density at radius 3 is 2.47 bits per heavy atom. The van der Waals surface area contributed by atoms with Gasteiger partial charge in [0.05, 0.1) is 17.8 Å². The number of aliphatic carboxylic acids is 1. The third-order valence-electron chi connectivity index (χ3n) is 2.37. The quantitative estimate of drug-likeness (QED) is 0.783. The summed E-state index contributed by atoms with van der Waals surface area (Å²) in [5, 5.41) is 14.9. The van der Waals surface area contributed by atoms with Crippen molar-refractivity contribution < 1.29 is 18.3 Å². The Kier molecular flexibility index (Phi) is 3.89. The second kappa shape index (κ2) is 4.84. The first-order valence-corrected chi connectivity index (χ1v) is 6.40. The molecule has 17 heavy (non-hydrogen) atoms. The zero-order valence-corrected chi connectivity index (χ0v) is 10.7. The summed E-state index contributed by atoms with van der Waals surface area (Å²) in [6.07, 6.45) is -0.230. The van der Waals surface area contributed by atoms with Crippen molar-refractivity contribution in [2.75, 3.05) is 13.6 Å². The first-order chi connectivity index (χ1) is 7.76. The van der Waals surface area contributed by atoms with Gasteiger partial charge in [0.15, 0.2) is 0 Å². The SMILES string of the molecule is Cc1n[nH]c(C)c1S(=O)(=O)N(C)CCC(=O)O. The number of carboxylic acid groups (broad SMARTS) is 1. The summed E-state index contributed by atoms with van der Waals surface area (Å²) < 4.78 is 25.3. The molecule has 0 spiro atoms. The van der Waals surface area contributed by atoms with Crippen molar-refractivity contribution in [3.05, 3.63) is 11.4 Å². The van der Waals surface area contributed by atoms with Crippen LogP contribution in [0, 0.1) is 13.8 Å². The number of carbonyl (C=O) groups is 1. The molecule has 0 aliphatic carbocycles. The second-order valence-electron chi connectivity index (χ2n) is 3.73. The molecule has 96 valence electrons. The van der Waals surface area contributed by atoms with Crippen LogP contribution < -0.4 is 0 Å². The number of rotatable bonds is 5. The molecule has 1 aromatic rings. The lowest BCUT2D eigenvalue weighted by molar-refractivity contribution is -0.137. The van der Waals surface area contributed by atoms with Gasteiger partial charge in [0.25, 0.3) is 0 Å². The summed E-state index contributed by atoms with van der Waals surface area (Å²) in [6.45, 7) is 3.13. The molecule has 0 aliphatic heterocycles. The number of hydrogen-bond donors (Lipinski definition) is 2. The molecule has 0 saturated carbocycles. The first kappa shape index (κ1) is 13.7. The van der Waals surface area contributed by atoms with E-state index in [0.29, 0.717) is 11.4 Å². The van der Waals surface area contributed by atoms with E-state index in [9.17, 15) is 13.2 Å². The number of nitrogens with one attached hydrogen (secondary N) is 1. The summed E-state index contributed by atoms with van der Waals surface area (Å²) in [7, 11) is -2.33. The molecule has 1 rings (SSSR count). The minimum Gasteiger partial charge on any atom is -0.481 e. The van der Waals surface area contributed by atoms with Crippen molar-refractivity contribution >= 4 is 16.0 Å². The number of aromatic nitrogens is 2. The Morgan fingerprint density at radius 2 is 2.06 bits per heavy atom. The molecule has 0 saturated heterocycles. The molecule has 0 aliphatic rings. The standard InChI is InChI=1S/C9H15N3O4S/c1-6-9(7(2)11-10-6)17(15,16)12(3)5-4-8(13)14/h4-5H2,1-3H3,(H,10,11)(H,13,14). The van der Waals surface area contributed by atoms with Gasteiger partial charge in [-0.1, -0.05) is 0 Å². The van der Waals surface area contributed by atoms with Crippen LogP contribution in [0.4, 0.5) is 0 Å². The minimum absolute atomic E-state index is 0.0677. The second-order valence-corrected chi connectivity index (χ2v) is 5.72. The van der Waals surface area contributed by atoms with Gasteiger partial charge in [-0.25, -0.2) is 12.7 Å². The van der Waals surface area contributed by atoms with Crippen molar-refractivity contribution in [2.24, 2.45) is 0 Å². The lowest BCUT2D eigenvalue weighted by Gasteiger charge is -2.16. The van der Waals surface area contributed by atoms with Crippen molar-refractivity contribution in [2.45, 2.75) is 25.2 Å². The van der Waals surface area contributed by atoms with E-state index in [1.807, 2.05) is 0 Å². The smallest absolute Gasteiger partial charge is 0.304 e. The molecule has 1 heterocycles. The monoisotopic (exact) mass is 261 g/mol. The van der Waals surface area contributed by atoms with Crippen LogP contribution in [0.25, 0.3) is 0 Å². The molecule has 7 nitrogen and oxygen atoms in total. The van der Waals surface area contributed by atoms with E-state index in [-0.39, 0.29) is 17.9 Å².